The molecular formula is H3Cl5Si3. The van der Waals surface area contributed by atoms with E-state index in [0.29, 0.717) is 0 Å². The Bertz CT molecular complexity index is 52.7. The third kappa shape index (κ3) is 4.00. The molecule has 0 aromatic carbocycles. The van der Waals surface area contributed by atoms with Crippen LogP contribution in [0.5, 0.6) is 0 Å². The first-order chi connectivity index (χ1) is 3.55. The van der Waals surface area contributed by atoms with Gasteiger partial charge in [-0.25, -0.2) is 0 Å². The Kier molecular flexibility index (Phi) is 6.12. The Morgan fingerprint density at radius 1 is 0.625 bits per heavy atom. The lowest BCUT2D eigenvalue weighted by Crippen LogP contribution is -2.30. The summed E-state index contributed by atoms with van der Waals surface area (Å²) < 4.78 is 0. The summed E-state index contributed by atoms with van der Waals surface area (Å²) in [5.74, 6) is 0. The molecule has 0 N–H and O–H groups in total. The second-order valence-corrected chi connectivity index (χ2v) is 30.1. The monoisotopic (exact) mass is 262 g/mol. The van der Waals surface area contributed by atoms with E-state index in [1.165, 1.54) is 0 Å². The van der Waals surface area contributed by atoms with Gasteiger partial charge >= 0.3 is 0 Å². The SMILES string of the molecule is Cl[SiH](Cl)[SiH](Cl)[SiH](Cl)Cl. The molecule has 0 rings (SSSR count). The predicted octanol–water partition coefficient (Wildman–Crippen LogP) is 1.50. The van der Waals surface area contributed by atoms with Crippen LogP contribution < -0.4 is 0 Å². The molecule has 50 valence electrons. The molecule has 0 atom stereocenters. The molecule has 0 nitrogen and oxygen atoms in total. The maximum atomic E-state index is 5.69. The summed E-state index contributed by atoms with van der Waals surface area (Å²) in [6.07, 6.45) is 0. The fraction of sp³-hybridized carbons (Fsp3) is 0. The van der Waals surface area contributed by atoms with Crippen molar-refractivity contribution in [1.82, 2.24) is 0 Å². The third-order valence-corrected chi connectivity index (χ3v) is 39.0. The van der Waals surface area contributed by atoms with E-state index in [1.54, 1.807) is 0 Å². The summed E-state index contributed by atoms with van der Waals surface area (Å²) in [5.41, 5.74) is 0. The highest BCUT2D eigenvalue weighted by atomic mass is 35.7. The highest BCUT2D eigenvalue weighted by Gasteiger charge is 2.27. The molecule has 0 aromatic rings. The maximum Gasteiger partial charge on any atom is 0.239 e. The molecule has 0 spiro atoms. The van der Waals surface area contributed by atoms with Crippen molar-refractivity contribution in [2.24, 2.45) is 0 Å². The minimum Gasteiger partial charge on any atom is -0.173 e. The Balaban J connectivity index is 3.46. The first kappa shape index (κ1) is 10.1. The van der Waals surface area contributed by atoms with Crippen LogP contribution in [0.15, 0.2) is 0 Å². The summed E-state index contributed by atoms with van der Waals surface area (Å²) in [4.78, 5) is 0. The van der Waals surface area contributed by atoms with Gasteiger partial charge in [-0.1, -0.05) is 0 Å². The van der Waals surface area contributed by atoms with Gasteiger partial charge in [0.2, 0.25) is 13.9 Å². The molecule has 0 heterocycles. The molecule has 0 aliphatic rings. The van der Waals surface area contributed by atoms with Gasteiger partial charge in [0.15, 0.2) is 7.14 Å². The van der Waals surface area contributed by atoms with Gasteiger partial charge in [0.1, 0.15) is 0 Å². The molecule has 0 aromatic heterocycles. The van der Waals surface area contributed by atoms with Crippen molar-refractivity contribution in [1.29, 1.82) is 0 Å². The molecule has 0 aliphatic heterocycles. The number of hydrogen-bond acceptors (Lipinski definition) is 0. The van der Waals surface area contributed by atoms with Gasteiger partial charge in [0.05, 0.1) is 0 Å². The minimum atomic E-state index is -1.68. The number of halogens is 5. The van der Waals surface area contributed by atoms with E-state index in [0.717, 1.165) is 0 Å². The zero-order chi connectivity index (χ0) is 6.73. The van der Waals surface area contributed by atoms with Crippen LogP contribution >= 0.6 is 55.4 Å². The minimum absolute atomic E-state index is 1.54. The van der Waals surface area contributed by atoms with Crippen molar-refractivity contribution in [2.45, 2.75) is 0 Å². The van der Waals surface area contributed by atoms with E-state index < -0.39 is 21.0 Å². The summed E-state index contributed by atoms with van der Waals surface area (Å²) in [6.45, 7) is -3.35. The predicted molar refractivity (Wildman–Crippen MR) is 50.7 cm³/mol. The molecule has 0 radical (unpaired) electrons. The van der Waals surface area contributed by atoms with Crippen LogP contribution in [0.2, 0.25) is 0 Å². The molecule has 0 bridgehead atoms. The highest BCUT2D eigenvalue weighted by Crippen LogP contribution is 2.13. The Hall–Kier alpha value is 2.10. The van der Waals surface area contributed by atoms with Crippen molar-refractivity contribution in [2.75, 3.05) is 0 Å². The van der Waals surface area contributed by atoms with E-state index >= 15 is 0 Å². The molecule has 0 saturated carbocycles. The van der Waals surface area contributed by atoms with Gasteiger partial charge in [-0.15, -0.1) is 0 Å². The van der Waals surface area contributed by atoms with E-state index in [1.807, 2.05) is 0 Å². The fourth-order valence-electron chi connectivity index (χ4n) is 0.110. The van der Waals surface area contributed by atoms with Crippen LogP contribution in [0.25, 0.3) is 0 Å². The maximum absolute atomic E-state index is 5.69. The number of rotatable bonds is 2. The Morgan fingerprint density at radius 2 is 0.875 bits per heavy atom. The second-order valence-electron chi connectivity index (χ2n) is 1.11. The average molecular weight is 265 g/mol. The quantitative estimate of drug-likeness (QED) is 0.524. The molecule has 8 heteroatoms. The molecular weight excluding hydrogens is 262 g/mol. The second kappa shape index (κ2) is 4.85. The highest BCUT2D eigenvalue weighted by molar-refractivity contribution is 7.92. The molecule has 0 fully saturated rings. The van der Waals surface area contributed by atoms with Crippen LogP contribution in [-0.2, 0) is 0 Å². The summed E-state index contributed by atoms with van der Waals surface area (Å²) in [5, 5.41) is 0. The van der Waals surface area contributed by atoms with Gasteiger partial charge in [-0.3, -0.25) is 0 Å². The van der Waals surface area contributed by atoms with E-state index in [-0.39, 0.29) is 0 Å². The smallest absolute Gasteiger partial charge is 0.173 e. The molecule has 8 heavy (non-hydrogen) atoms. The van der Waals surface area contributed by atoms with Crippen LogP contribution in [0, 0.1) is 0 Å². The van der Waals surface area contributed by atoms with Gasteiger partial charge in [0.25, 0.3) is 0 Å². The van der Waals surface area contributed by atoms with Gasteiger partial charge in [-0.05, 0) is 0 Å². The molecule has 0 unspecified atom stereocenters. The fourth-order valence-corrected chi connectivity index (χ4v) is 26.7. The lowest BCUT2D eigenvalue weighted by atomic mass is 26.5. The first-order valence-electron chi connectivity index (χ1n) is 1.76. The number of hydrogen-bond donors (Lipinski definition) is 0. The van der Waals surface area contributed by atoms with Crippen molar-refractivity contribution < 1.29 is 0 Å². The van der Waals surface area contributed by atoms with Crippen LogP contribution in [-0.4, -0.2) is 21.0 Å². The molecule has 0 saturated heterocycles. The van der Waals surface area contributed by atoms with Gasteiger partial charge in [0, 0.05) is 0 Å². The summed E-state index contributed by atoms with van der Waals surface area (Å²) in [6, 6.07) is 0. The Morgan fingerprint density at radius 3 is 0.875 bits per heavy atom. The van der Waals surface area contributed by atoms with Crippen LogP contribution in [0.4, 0.5) is 0 Å². The van der Waals surface area contributed by atoms with Crippen molar-refractivity contribution in [3.63, 3.8) is 0 Å². The van der Waals surface area contributed by atoms with Crippen molar-refractivity contribution in [3.05, 3.63) is 0 Å². The lowest BCUT2D eigenvalue weighted by molar-refractivity contribution is 3.64. The van der Waals surface area contributed by atoms with E-state index in [2.05, 4.69) is 0 Å². The average Bonchev–Trinajstić information content (AvgIpc) is 1.64. The first-order valence-corrected chi connectivity index (χ1v) is 15.8. The van der Waals surface area contributed by atoms with Crippen LogP contribution in [0.3, 0.4) is 0 Å². The van der Waals surface area contributed by atoms with Crippen LogP contribution in [0.1, 0.15) is 0 Å². The zero-order valence-electron chi connectivity index (χ0n) is 3.62. The summed E-state index contributed by atoms with van der Waals surface area (Å²) >= 11 is 27.8. The topological polar surface area (TPSA) is 0 Å². The normalized spacial score (nSPS) is 12.0. The molecule has 0 aliphatic carbocycles. The lowest BCUT2D eigenvalue weighted by Gasteiger charge is -2.02. The molecule has 0 amide bonds. The standard InChI is InChI=1S/Cl5H3Si3/c1-6(2)8(5)7(3)4/h6-8H. The third-order valence-electron chi connectivity index (χ3n) is 0.481. The largest absolute Gasteiger partial charge is 0.239 e. The van der Waals surface area contributed by atoms with Gasteiger partial charge in [-0.2, -0.15) is 55.4 Å². The van der Waals surface area contributed by atoms with Crippen molar-refractivity contribution in [3.8, 4) is 0 Å². The summed E-state index contributed by atoms with van der Waals surface area (Å²) in [7, 11) is -1.54. The van der Waals surface area contributed by atoms with Crippen molar-refractivity contribution >= 4 is 76.4 Å². The zero-order valence-corrected chi connectivity index (χ0v) is 10.9. The van der Waals surface area contributed by atoms with E-state index in [4.69, 9.17) is 55.4 Å². The van der Waals surface area contributed by atoms with E-state index in [9.17, 15) is 0 Å². The van der Waals surface area contributed by atoms with Gasteiger partial charge < -0.3 is 0 Å². The Labute approximate surface area is 75.9 Å².